The molecule has 4 bridgehead atoms. The summed E-state index contributed by atoms with van der Waals surface area (Å²) in [6.07, 6.45) is 7.42. The van der Waals surface area contributed by atoms with Gasteiger partial charge in [0, 0.05) is 27.6 Å². The van der Waals surface area contributed by atoms with Crippen molar-refractivity contribution in [3.05, 3.63) is 33.4 Å². The Morgan fingerprint density at radius 1 is 1.28 bits per heavy atom. The van der Waals surface area contributed by atoms with Crippen LogP contribution in [0.3, 0.4) is 0 Å². The third-order valence-electron chi connectivity index (χ3n) is 7.00. The smallest absolute Gasteiger partial charge is 0.306 e. The van der Waals surface area contributed by atoms with E-state index in [2.05, 4.69) is 15.9 Å². The van der Waals surface area contributed by atoms with Crippen LogP contribution >= 0.6 is 15.9 Å². The largest absolute Gasteiger partial charge is 0.467 e. The Balaban J connectivity index is 1.29. The molecule has 1 heterocycles. The van der Waals surface area contributed by atoms with Crippen molar-refractivity contribution in [2.75, 3.05) is 6.79 Å². The summed E-state index contributed by atoms with van der Waals surface area (Å²) < 4.78 is 16.6. The number of rotatable bonds is 5. The second kappa shape index (κ2) is 6.94. The van der Waals surface area contributed by atoms with Gasteiger partial charge in [0.25, 0.3) is 5.69 Å². The highest BCUT2D eigenvalue weighted by Crippen LogP contribution is 2.65. The summed E-state index contributed by atoms with van der Waals surface area (Å²) in [6, 6.07) is 2.88. The fraction of sp³-hybridized carbons (Fsp3) is 0.667. The van der Waals surface area contributed by atoms with Crippen LogP contribution in [0.1, 0.15) is 56.1 Å². The van der Waals surface area contributed by atoms with E-state index in [0.29, 0.717) is 35.1 Å². The number of nitro benzene ring substituents is 1. The number of non-ortho nitro benzene ring substituents is 1. The van der Waals surface area contributed by atoms with Gasteiger partial charge in [0.05, 0.1) is 18.0 Å². The number of halogens is 1. The maximum atomic E-state index is 12.8. The van der Waals surface area contributed by atoms with Crippen LogP contribution in [0, 0.1) is 27.4 Å². The molecule has 0 N–H and O–H groups in total. The number of hydrogen-bond donors (Lipinski definition) is 0. The summed E-state index contributed by atoms with van der Waals surface area (Å²) in [5.74, 6) is 1.72. The van der Waals surface area contributed by atoms with Crippen molar-refractivity contribution in [1.82, 2.24) is 0 Å². The van der Waals surface area contributed by atoms with Crippen LogP contribution in [0.15, 0.2) is 12.1 Å². The van der Waals surface area contributed by atoms with Crippen LogP contribution in [0.4, 0.5) is 5.69 Å². The topological polar surface area (TPSA) is 87.9 Å². The monoisotopic (exact) mass is 465 g/mol. The van der Waals surface area contributed by atoms with Gasteiger partial charge in [0.2, 0.25) is 0 Å². The standard InChI is InChI=1S/C21H24BrNO6/c22-21-6-13-1-14(7-21)5-20(4-13,11-21)8-18(24)28-10-16-3-17(23(25)26)2-15-9-27-12-29-19(15)16/h2-3,13-14H,1,4-12H2/t13-,14+,20?,21?. The number of nitro groups is 1. The van der Waals surface area contributed by atoms with Gasteiger partial charge in [0.1, 0.15) is 12.4 Å². The van der Waals surface area contributed by atoms with Gasteiger partial charge in [-0.25, -0.2) is 0 Å². The lowest BCUT2D eigenvalue weighted by atomic mass is 9.49. The van der Waals surface area contributed by atoms with Gasteiger partial charge in [-0.15, -0.1) is 0 Å². The first-order chi connectivity index (χ1) is 13.8. The normalized spacial score (nSPS) is 34.4. The molecule has 4 saturated carbocycles. The van der Waals surface area contributed by atoms with Gasteiger partial charge < -0.3 is 14.2 Å². The maximum Gasteiger partial charge on any atom is 0.306 e. The Labute approximate surface area is 177 Å². The third kappa shape index (κ3) is 3.65. The van der Waals surface area contributed by atoms with Crippen LogP contribution in [0.2, 0.25) is 0 Å². The zero-order valence-electron chi connectivity index (χ0n) is 16.2. The highest BCUT2D eigenvalue weighted by Gasteiger charge is 2.57. The van der Waals surface area contributed by atoms with Crippen LogP contribution in [-0.2, 0) is 27.5 Å². The van der Waals surface area contributed by atoms with Gasteiger partial charge in [0.15, 0.2) is 6.79 Å². The van der Waals surface area contributed by atoms with E-state index >= 15 is 0 Å². The Hall–Kier alpha value is -1.67. The molecule has 1 aromatic carbocycles. The van der Waals surface area contributed by atoms with Crippen molar-refractivity contribution in [2.24, 2.45) is 17.3 Å². The summed E-state index contributed by atoms with van der Waals surface area (Å²) in [7, 11) is 0. The fourth-order valence-electron chi connectivity index (χ4n) is 6.55. The van der Waals surface area contributed by atoms with E-state index in [1.54, 1.807) is 0 Å². The number of alkyl halides is 1. The average Bonchev–Trinajstić information content (AvgIpc) is 2.63. The van der Waals surface area contributed by atoms with Crippen LogP contribution in [0.5, 0.6) is 5.75 Å². The molecule has 0 radical (unpaired) electrons. The Morgan fingerprint density at radius 3 is 2.72 bits per heavy atom. The van der Waals surface area contributed by atoms with Gasteiger partial charge in [-0.05, 0) is 55.8 Å². The van der Waals surface area contributed by atoms with E-state index in [1.165, 1.54) is 31.4 Å². The number of esters is 1. The molecule has 156 valence electrons. The molecule has 0 spiro atoms. The quantitative estimate of drug-likeness (QED) is 0.272. The summed E-state index contributed by atoms with van der Waals surface area (Å²) in [4.78, 5) is 23.5. The number of fused-ring (bicyclic) bond motifs is 1. The second-order valence-electron chi connectivity index (χ2n) is 9.41. The molecular formula is C21H24BrNO6. The van der Waals surface area contributed by atoms with Crippen molar-refractivity contribution in [2.45, 2.75) is 62.5 Å². The molecule has 7 nitrogen and oxygen atoms in total. The van der Waals surface area contributed by atoms with Crippen molar-refractivity contribution in [1.29, 1.82) is 0 Å². The lowest BCUT2D eigenvalue weighted by Gasteiger charge is -2.60. The number of carbonyl (C=O) groups is 1. The summed E-state index contributed by atoms with van der Waals surface area (Å²) in [6.45, 7) is 0.313. The zero-order chi connectivity index (χ0) is 20.2. The summed E-state index contributed by atoms with van der Waals surface area (Å²) >= 11 is 3.98. The highest BCUT2D eigenvalue weighted by molar-refractivity contribution is 9.10. The molecule has 0 aromatic heterocycles. The average molecular weight is 466 g/mol. The van der Waals surface area contributed by atoms with Crippen LogP contribution < -0.4 is 4.74 Å². The highest BCUT2D eigenvalue weighted by atomic mass is 79.9. The number of carbonyl (C=O) groups excluding carboxylic acids is 1. The van der Waals surface area contributed by atoms with Crippen molar-refractivity contribution in [3.63, 3.8) is 0 Å². The van der Waals surface area contributed by atoms with E-state index in [-0.39, 0.29) is 41.4 Å². The summed E-state index contributed by atoms with van der Waals surface area (Å²) in [5, 5.41) is 11.2. The second-order valence-corrected chi connectivity index (χ2v) is 11.1. The minimum absolute atomic E-state index is 0.0226. The Kier molecular flexibility index (Phi) is 4.62. The van der Waals surface area contributed by atoms with Crippen LogP contribution in [-0.4, -0.2) is 22.0 Å². The van der Waals surface area contributed by atoms with E-state index in [0.717, 1.165) is 19.3 Å². The molecule has 2 unspecified atom stereocenters. The molecule has 4 aliphatic carbocycles. The van der Waals surface area contributed by atoms with Gasteiger partial charge >= 0.3 is 5.97 Å². The van der Waals surface area contributed by atoms with Crippen molar-refractivity contribution >= 4 is 27.6 Å². The first kappa shape index (κ1) is 19.3. The maximum absolute atomic E-state index is 12.8. The predicted molar refractivity (Wildman–Crippen MR) is 107 cm³/mol. The molecule has 4 fully saturated rings. The molecule has 6 rings (SSSR count). The molecule has 0 saturated heterocycles. The molecule has 5 aliphatic rings. The zero-order valence-corrected chi connectivity index (χ0v) is 17.7. The van der Waals surface area contributed by atoms with Crippen molar-refractivity contribution < 1.29 is 23.9 Å². The molecule has 4 atom stereocenters. The number of hydrogen-bond acceptors (Lipinski definition) is 6. The third-order valence-corrected chi connectivity index (χ3v) is 7.93. The molecule has 0 amide bonds. The SMILES string of the molecule is O=C(CC12C[C@@H]3C[C@@H](CC(Br)(C3)C1)C2)OCc1cc([N+](=O)[O-])cc2c1OCOC2. The number of nitrogens with zero attached hydrogens (tertiary/aromatic N) is 1. The molecule has 1 aromatic rings. The molecule has 1 aliphatic heterocycles. The van der Waals surface area contributed by atoms with E-state index in [4.69, 9.17) is 14.2 Å². The number of ether oxygens (including phenoxy) is 3. The van der Waals surface area contributed by atoms with Gasteiger partial charge in [-0.2, -0.15) is 0 Å². The summed E-state index contributed by atoms with van der Waals surface area (Å²) in [5.41, 5.74) is 1.12. The van der Waals surface area contributed by atoms with Gasteiger partial charge in [-0.3, -0.25) is 14.9 Å². The minimum Gasteiger partial charge on any atom is -0.467 e. The fourth-order valence-corrected chi connectivity index (χ4v) is 8.06. The predicted octanol–water partition coefficient (Wildman–Crippen LogP) is 4.63. The number of benzene rings is 1. The van der Waals surface area contributed by atoms with Gasteiger partial charge in [-0.1, -0.05) is 15.9 Å². The lowest BCUT2D eigenvalue weighted by Crippen LogP contribution is -2.53. The molecular weight excluding hydrogens is 442 g/mol. The van der Waals surface area contributed by atoms with Crippen LogP contribution in [0.25, 0.3) is 0 Å². The van der Waals surface area contributed by atoms with E-state index < -0.39 is 4.92 Å². The Bertz CT molecular complexity index is 857. The van der Waals surface area contributed by atoms with Crippen molar-refractivity contribution in [3.8, 4) is 5.75 Å². The van der Waals surface area contributed by atoms with E-state index in [1.807, 2.05) is 0 Å². The first-order valence-electron chi connectivity index (χ1n) is 10.2. The lowest BCUT2D eigenvalue weighted by molar-refractivity contribution is -0.385. The van der Waals surface area contributed by atoms with E-state index in [9.17, 15) is 14.9 Å². The Morgan fingerprint density at radius 2 is 2.03 bits per heavy atom. The minimum atomic E-state index is -0.453. The first-order valence-corrected chi connectivity index (χ1v) is 11.0. The molecule has 8 heteroatoms. The molecule has 29 heavy (non-hydrogen) atoms.